The van der Waals surface area contributed by atoms with Crippen LogP contribution in [0.15, 0.2) is 41.6 Å². The zero-order chi connectivity index (χ0) is 19.0. The summed E-state index contributed by atoms with van der Waals surface area (Å²) in [6.07, 6.45) is 2.77. The Hall–Kier alpha value is -2.47. The summed E-state index contributed by atoms with van der Waals surface area (Å²) in [5.74, 6) is 5.56. The summed E-state index contributed by atoms with van der Waals surface area (Å²) in [7, 11) is -2.37. The number of nitrogens with one attached hydrogen (secondary N) is 2. The lowest BCUT2D eigenvalue weighted by Gasteiger charge is -2.21. The lowest BCUT2D eigenvalue weighted by atomic mass is 10.3. The first-order chi connectivity index (χ1) is 12.4. The molecule has 11 heteroatoms. The molecule has 10 nitrogen and oxygen atoms in total. The molecule has 1 aromatic carbocycles. The predicted molar refractivity (Wildman–Crippen MR) is 98.9 cm³/mol. The first kappa shape index (κ1) is 19.8. The average Bonchev–Trinajstić information content (AvgIpc) is 2.63. The van der Waals surface area contributed by atoms with Crippen molar-refractivity contribution in [2.75, 3.05) is 43.7 Å². The van der Waals surface area contributed by atoms with E-state index < -0.39 is 10.0 Å². The van der Waals surface area contributed by atoms with Crippen molar-refractivity contribution >= 4 is 21.5 Å². The third kappa shape index (κ3) is 5.81. The maximum absolute atomic E-state index is 12.1. The molecule has 142 valence electrons. The first-order valence-corrected chi connectivity index (χ1v) is 9.34. The van der Waals surface area contributed by atoms with Crippen molar-refractivity contribution < 1.29 is 13.2 Å². The van der Waals surface area contributed by atoms with Gasteiger partial charge in [0, 0.05) is 44.3 Å². The molecule has 0 saturated carbocycles. The smallest absolute Gasteiger partial charge is 0.263 e. The second-order valence-corrected chi connectivity index (χ2v) is 7.06. The molecule has 6 N–H and O–H groups in total. The summed E-state index contributed by atoms with van der Waals surface area (Å²) in [6, 6.07) is 5.81. The minimum atomic E-state index is -3.75. The number of hydrogen-bond donors (Lipinski definition) is 4. The van der Waals surface area contributed by atoms with Gasteiger partial charge in [0.25, 0.3) is 15.9 Å². The minimum absolute atomic E-state index is 0.0295. The lowest BCUT2D eigenvalue weighted by molar-refractivity contribution is 0.248. The van der Waals surface area contributed by atoms with E-state index in [0.29, 0.717) is 5.69 Å². The molecule has 3 rings (SSSR count). The molecule has 1 fully saturated rings. The van der Waals surface area contributed by atoms with Crippen LogP contribution in [0.3, 0.4) is 0 Å². The van der Waals surface area contributed by atoms with E-state index in [1.165, 1.54) is 43.8 Å². The van der Waals surface area contributed by atoms with Gasteiger partial charge in [-0.1, -0.05) is 0 Å². The van der Waals surface area contributed by atoms with Gasteiger partial charge in [-0.05, 0) is 24.3 Å². The van der Waals surface area contributed by atoms with E-state index in [1.54, 1.807) is 0 Å². The molecule has 0 bridgehead atoms. The van der Waals surface area contributed by atoms with Gasteiger partial charge in [-0.2, -0.15) is 0 Å². The van der Waals surface area contributed by atoms with Crippen molar-refractivity contribution in [2.45, 2.75) is 4.90 Å². The Morgan fingerprint density at radius 2 is 1.77 bits per heavy atom. The molecular formula is C15H23N7O3S. The molecule has 0 unspecified atom stereocenters. The van der Waals surface area contributed by atoms with Crippen molar-refractivity contribution in [3.8, 4) is 5.88 Å². The van der Waals surface area contributed by atoms with Gasteiger partial charge in [-0.3, -0.25) is 10.6 Å². The van der Waals surface area contributed by atoms with Crippen molar-refractivity contribution in [1.29, 1.82) is 0 Å². The van der Waals surface area contributed by atoms with Crippen LogP contribution >= 0.6 is 0 Å². The zero-order valence-electron chi connectivity index (χ0n) is 14.4. The fourth-order valence-electron chi connectivity index (χ4n) is 2.06. The van der Waals surface area contributed by atoms with E-state index in [-0.39, 0.29) is 16.6 Å². The highest BCUT2D eigenvalue weighted by molar-refractivity contribution is 7.92. The van der Waals surface area contributed by atoms with Gasteiger partial charge in [0.2, 0.25) is 5.82 Å². The van der Waals surface area contributed by atoms with E-state index in [9.17, 15) is 8.42 Å². The number of anilines is 2. The highest BCUT2D eigenvalue weighted by Crippen LogP contribution is 2.21. The Balaban J connectivity index is 0.000000290. The van der Waals surface area contributed by atoms with Crippen molar-refractivity contribution in [1.82, 2.24) is 20.3 Å². The SMILES string of the molecule is COc1nccnc1NS(=O)(=O)c1ccc(N)cc1.NN1CCNCC1. The monoisotopic (exact) mass is 381 g/mol. The van der Waals surface area contributed by atoms with E-state index in [0.717, 1.165) is 26.2 Å². The van der Waals surface area contributed by atoms with Crippen molar-refractivity contribution in [3.63, 3.8) is 0 Å². The number of aromatic nitrogens is 2. The molecule has 0 atom stereocenters. The Morgan fingerprint density at radius 1 is 1.15 bits per heavy atom. The number of hydrogen-bond acceptors (Lipinski definition) is 9. The van der Waals surface area contributed by atoms with Crippen molar-refractivity contribution in [3.05, 3.63) is 36.7 Å². The number of sulfonamides is 1. The quantitative estimate of drug-likeness (QED) is 0.411. The third-order valence-electron chi connectivity index (χ3n) is 3.43. The average molecular weight is 381 g/mol. The zero-order valence-corrected chi connectivity index (χ0v) is 15.2. The maximum atomic E-state index is 12.1. The number of nitrogen functional groups attached to an aromatic ring is 1. The van der Waals surface area contributed by atoms with Gasteiger partial charge < -0.3 is 15.8 Å². The summed E-state index contributed by atoms with van der Waals surface area (Å²) in [6.45, 7) is 4.05. The molecule has 1 saturated heterocycles. The highest BCUT2D eigenvalue weighted by Gasteiger charge is 2.17. The van der Waals surface area contributed by atoms with Crippen LogP contribution < -0.4 is 26.4 Å². The Bertz CT molecular complexity index is 793. The molecule has 0 amide bonds. The van der Waals surface area contributed by atoms with Gasteiger partial charge in [-0.15, -0.1) is 0 Å². The van der Waals surface area contributed by atoms with Gasteiger partial charge in [0.1, 0.15) is 0 Å². The van der Waals surface area contributed by atoms with E-state index in [2.05, 4.69) is 20.0 Å². The van der Waals surface area contributed by atoms with Gasteiger partial charge in [0.15, 0.2) is 0 Å². The summed E-state index contributed by atoms with van der Waals surface area (Å²) < 4.78 is 31.4. The summed E-state index contributed by atoms with van der Waals surface area (Å²) in [4.78, 5) is 7.81. The normalized spacial score (nSPS) is 14.8. The van der Waals surface area contributed by atoms with Crippen LogP contribution in [0.4, 0.5) is 11.5 Å². The topological polar surface area (TPSA) is 148 Å². The highest BCUT2D eigenvalue weighted by atomic mass is 32.2. The number of piperazine rings is 1. The second-order valence-electron chi connectivity index (χ2n) is 5.37. The number of nitrogens with zero attached hydrogens (tertiary/aromatic N) is 3. The number of rotatable bonds is 4. The number of hydrazine groups is 1. The number of nitrogens with two attached hydrogens (primary N) is 2. The van der Waals surface area contributed by atoms with Crippen LogP contribution in [0.2, 0.25) is 0 Å². The van der Waals surface area contributed by atoms with E-state index >= 15 is 0 Å². The molecule has 1 aliphatic heterocycles. The van der Waals surface area contributed by atoms with Crippen LogP contribution in [-0.4, -0.2) is 56.7 Å². The standard InChI is InChI=1S/C11H12N4O3S.C4H11N3/c1-18-11-10(13-6-7-14-11)15-19(16,17)9-4-2-8(12)3-5-9;5-7-3-1-6-2-4-7/h2-7H,12H2,1H3,(H,13,15);6H,1-5H2. The molecule has 2 heterocycles. The molecule has 0 spiro atoms. The van der Waals surface area contributed by atoms with E-state index in [1.807, 2.05) is 5.01 Å². The molecule has 1 aliphatic rings. The van der Waals surface area contributed by atoms with E-state index in [4.69, 9.17) is 16.3 Å². The summed E-state index contributed by atoms with van der Waals surface area (Å²) in [5.41, 5.74) is 5.99. The number of benzene rings is 1. The lowest BCUT2D eigenvalue weighted by Crippen LogP contribution is -2.47. The minimum Gasteiger partial charge on any atom is -0.478 e. The fraction of sp³-hybridized carbons (Fsp3) is 0.333. The Labute approximate surface area is 152 Å². The molecule has 2 aromatic rings. The summed E-state index contributed by atoms with van der Waals surface area (Å²) in [5, 5.41) is 5.02. The van der Waals surface area contributed by atoms with Crippen molar-refractivity contribution in [2.24, 2.45) is 5.84 Å². The molecule has 1 aromatic heterocycles. The van der Waals surface area contributed by atoms with Gasteiger partial charge in [-0.25, -0.2) is 23.4 Å². The summed E-state index contributed by atoms with van der Waals surface area (Å²) >= 11 is 0. The Morgan fingerprint density at radius 3 is 2.31 bits per heavy atom. The van der Waals surface area contributed by atoms with Crippen LogP contribution in [-0.2, 0) is 10.0 Å². The fourth-order valence-corrected chi connectivity index (χ4v) is 3.07. The molecule has 0 radical (unpaired) electrons. The third-order valence-corrected chi connectivity index (χ3v) is 4.79. The molecular weight excluding hydrogens is 358 g/mol. The first-order valence-electron chi connectivity index (χ1n) is 7.86. The predicted octanol–water partition coefficient (Wildman–Crippen LogP) is -0.366. The van der Waals surface area contributed by atoms with Crippen LogP contribution in [0.25, 0.3) is 0 Å². The van der Waals surface area contributed by atoms with Crippen LogP contribution in [0, 0.1) is 0 Å². The van der Waals surface area contributed by atoms with Crippen LogP contribution in [0.5, 0.6) is 5.88 Å². The molecule has 26 heavy (non-hydrogen) atoms. The van der Waals surface area contributed by atoms with Gasteiger partial charge in [0.05, 0.1) is 12.0 Å². The molecule has 0 aliphatic carbocycles. The largest absolute Gasteiger partial charge is 0.478 e. The van der Waals surface area contributed by atoms with Crippen LogP contribution in [0.1, 0.15) is 0 Å². The second kappa shape index (κ2) is 9.29. The van der Waals surface area contributed by atoms with Gasteiger partial charge >= 0.3 is 0 Å². The number of methoxy groups -OCH3 is 1. The maximum Gasteiger partial charge on any atom is 0.263 e. The Kier molecular flexibility index (Phi) is 7.09. The number of ether oxygens (including phenoxy) is 1.